The van der Waals surface area contributed by atoms with Crippen molar-refractivity contribution in [2.45, 2.75) is 12.1 Å². The average Bonchev–Trinajstić information content (AvgIpc) is 3.57. The molecule has 0 unspecified atom stereocenters. The Morgan fingerprint density at radius 1 is 1.05 bits per heavy atom. The lowest BCUT2D eigenvalue weighted by Crippen LogP contribution is -2.48. The van der Waals surface area contributed by atoms with Crippen LogP contribution >= 0.6 is 11.6 Å². The Bertz CT molecular complexity index is 1510. The van der Waals surface area contributed by atoms with Crippen LogP contribution in [0.25, 0.3) is 16.9 Å². The van der Waals surface area contributed by atoms with Crippen molar-refractivity contribution in [1.29, 1.82) is 0 Å². The van der Waals surface area contributed by atoms with Crippen molar-refractivity contribution in [1.82, 2.24) is 25.0 Å². The number of amides is 2. The summed E-state index contributed by atoms with van der Waals surface area (Å²) in [7, 11) is 3.86. The summed E-state index contributed by atoms with van der Waals surface area (Å²) < 4.78 is 21.4. The molecule has 39 heavy (non-hydrogen) atoms. The van der Waals surface area contributed by atoms with Gasteiger partial charge in [0.05, 0.1) is 41.6 Å². The first-order chi connectivity index (χ1) is 18.8. The standard InChI is InChI=1S/C28H26ClFN6O3/c1-35(2)24-16-39-15-23(24)32-28(38)22-14-25(36(34-22)18-7-4-3-5-8-18)33-27(37)19-13-17(10-11-20(19)29)26-21(30)9-6-12-31-26/h3-14,23-24H,15-16H2,1-2H3,(H,32,38)(H,33,37)/t23-,24-/m1/s1. The van der Waals surface area contributed by atoms with Crippen molar-refractivity contribution < 1.29 is 18.7 Å². The minimum atomic E-state index is -0.556. The minimum Gasteiger partial charge on any atom is -0.378 e. The summed E-state index contributed by atoms with van der Waals surface area (Å²) in [5, 5.41) is 10.4. The Morgan fingerprint density at radius 2 is 1.85 bits per heavy atom. The fourth-order valence-corrected chi connectivity index (χ4v) is 4.61. The van der Waals surface area contributed by atoms with Gasteiger partial charge in [-0.1, -0.05) is 35.9 Å². The van der Waals surface area contributed by atoms with E-state index >= 15 is 0 Å². The third-order valence-electron chi connectivity index (χ3n) is 6.46. The first-order valence-corrected chi connectivity index (χ1v) is 12.6. The van der Waals surface area contributed by atoms with Crippen LogP contribution in [0.15, 0.2) is 72.9 Å². The second kappa shape index (κ2) is 11.3. The van der Waals surface area contributed by atoms with Gasteiger partial charge in [-0.2, -0.15) is 5.10 Å². The smallest absolute Gasteiger partial charge is 0.272 e. The molecule has 11 heteroatoms. The van der Waals surface area contributed by atoms with Gasteiger partial charge >= 0.3 is 0 Å². The van der Waals surface area contributed by atoms with Crippen molar-refractivity contribution in [3.8, 4) is 16.9 Å². The molecule has 0 saturated carbocycles. The molecule has 4 aromatic rings. The lowest BCUT2D eigenvalue weighted by Gasteiger charge is -2.24. The van der Waals surface area contributed by atoms with Gasteiger partial charge in [-0.25, -0.2) is 9.07 Å². The zero-order valence-electron chi connectivity index (χ0n) is 21.3. The summed E-state index contributed by atoms with van der Waals surface area (Å²) in [6, 6.07) is 17.8. The van der Waals surface area contributed by atoms with Gasteiger partial charge in [0.1, 0.15) is 17.3 Å². The van der Waals surface area contributed by atoms with E-state index in [2.05, 4.69) is 20.7 Å². The number of anilines is 1. The van der Waals surface area contributed by atoms with Crippen LogP contribution < -0.4 is 10.6 Å². The van der Waals surface area contributed by atoms with Crippen LogP contribution in [-0.2, 0) is 4.74 Å². The molecule has 1 aliphatic rings. The molecule has 0 bridgehead atoms. The number of hydrogen-bond donors (Lipinski definition) is 2. The van der Waals surface area contributed by atoms with Gasteiger partial charge in [0, 0.05) is 17.8 Å². The largest absolute Gasteiger partial charge is 0.378 e. The molecule has 0 radical (unpaired) electrons. The van der Waals surface area contributed by atoms with Crippen molar-refractivity contribution >= 4 is 29.2 Å². The lowest BCUT2D eigenvalue weighted by molar-refractivity contribution is 0.0914. The van der Waals surface area contributed by atoms with Crippen LogP contribution in [0.4, 0.5) is 10.2 Å². The van der Waals surface area contributed by atoms with Gasteiger partial charge in [-0.15, -0.1) is 0 Å². The van der Waals surface area contributed by atoms with Crippen LogP contribution in [0.1, 0.15) is 20.8 Å². The number of hydrogen-bond acceptors (Lipinski definition) is 6. The number of ether oxygens (including phenoxy) is 1. The second-order valence-corrected chi connectivity index (χ2v) is 9.70. The molecule has 9 nitrogen and oxygen atoms in total. The van der Waals surface area contributed by atoms with Gasteiger partial charge in [-0.3, -0.25) is 14.6 Å². The van der Waals surface area contributed by atoms with Gasteiger partial charge in [-0.05, 0) is 50.5 Å². The van der Waals surface area contributed by atoms with Crippen LogP contribution in [0.2, 0.25) is 5.02 Å². The highest BCUT2D eigenvalue weighted by molar-refractivity contribution is 6.34. The van der Waals surface area contributed by atoms with E-state index in [1.807, 2.05) is 37.2 Å². The number of pyridine rings is 1. The molecule has 0 spiro atoms. The first-order valence-electron chi connectivity index (χ1n) is 12.2. The number of halogens is 2. The van der Waals surface area contributed by atoms with E-state index in [9.17, 15) is 14.0 Å². The maximum Gasteiger partial charge on any atom is 0.272 e. The van der Waals surface area contributed by atoms with Gasteiger partial charge < -0.3 is 20.3 Å². The number of likely N-dealkylation sites (N-methyl/N-ethyl adjacent to an activating group) is 1. The Hall–Kier alpha value is -4.12. The van der Waals surface area contributed by atoms with E-state index in [4.69, 9.17) is 16.3 Å². The number of rotatable bonds is 7. The molecule has 2 aromatic heterocycles. The molecule has 200 valence electrons. The summed E-state index contributed by atoms with van der Waals surface area (Å²) in [6.45, 7) is 0.906. The van der Waals surface area contributed by atoms with Crippen LogP contribution in [-0.4, -0.2) is 70.9 Å². The predicted octanol–water partition coefficient (Wildman–Crippen LogP) is 4.04. The number of nitrogens with one attached hydrogen (secondary N) is 2. The molecule has 3 heterocycles. The third-order valence-corrected chi connectivity index (χ3v) is 6.79. The summed E-state index contributed by atoms with van der Waals surface area (Å²) >= 11 is 6.35. The quantitative estimate of drug-likeness (QED) is 0.361. The van der Waals surface area contributed by atoms with E-state index in [0.29, 0.717) is 24.5 Å². The van der Waals surface area contributed by atoms with Crippen LogP contribution in [0.5, 0.6) is 0 Å². The number of para-hydroxylation sites is 1. The molecular weight excluding hydrogens is 523 g/mol. The minimum absolute atomic E-state index is 0.0303. The van der Waals surface area contributed by atoms with E-state index in [1.165, 1.54) is 41.2 Å². The van der Waals surface area contributed by atoms with E-state index in [-0.39, 0.29) is 39.9 Å². The Balaban J connectivity index is 1.45. The van der Waals surface area contributed by atoms with Crippen LogP contribution in [0.3, 0.4) is 0 Å². The number of aromatic nitrogens is 3. The van der Waals surface area contributed by atoms with Gasteiger partial charge in [0.15, 0.2) is 5.69 Å². The van der Waals surface area contributed by atoms with E-state index < -0.39 is 17.6 Å². The highest BCUT2D eigenvalue weighted by Crippen LogP contribution is 2.27. The first kappa shape index (κ1) is 26.5. The average molecular weight is 549 g/mol. The number of carbonyl (C=O) groups is 2. The topological polar surface area (TPSA) is 101 Å². The number of nitrogens with zero attached hydrogens (tertiary/aromatic N) is 4. The molecule has 1 fully saturated rings. The number of benzene rings is 2. The molecule has 0 aliphatic carbocycles. The second-order valence-electron chi connectivity index (χ2n) is 9.29. The fourth-order valence-electron chi connectivity index (χ4n) is 4.41. The van der Waals surface area contributed by atoms with Crippen molar-refractivity contribution in [2.24, 2.45) is 0 Å². The molecule has 1 aliphatic heterocycles. The summed E-state index contributed by atoms with van der Waals surface area (Å²) in [4.78, 5) is 32.6. The zero-order chi connectivity index (χ0) is 27.5. The molecule has 2 amide bonds. The predicted molar refractivity (Wildman–Crippen MR) is 146 cm³/mol. The maximum absolute atomic E-state index is 14.3. The molecule has 2 atom stereocenters. The molecule has 5 rings (SSSR count). The molecule has 2 N–H and O–H groups in total. The fraction of sp³-hybridized carbons (Fsp3) is 0.214. The molecule has 1 saturated heterocycles. The normalized spacial score (nSPS) is 16.8. The molecular formula is C28H26ClFN6O3. The lowest BCUT2D eigenvalue weighted by atomic mass is 10.1. The summed E-state index contributed by atoms with van der Waals surface area (Å²) in [5.74, 6) is -1.21. The summed E-state index contributed by atoms with van der Waals surface area (Å²) in [5.41, 5.74) is 1.37. The highest BCUT2D eigenvalue weighted by atomic mass is 35.5. The van der Waals surface area contributed by atoms with Crippen molar-refractivity contribution in [2.75, 3.05) is 32.6 Å². The third kappa shape index (κ3) is 5.68. The van der Waals surface area contributed by atoms with Crippen molar-refractivity contribution in [3.05, 3.63) is 95.0 Å². The van der Waals surface area contributed by atoms with Crippen LogP contribution in [0, 0.1) is 5.82 Å². The van der Waals surface area contributed by atoms with E-state index in [1.54, 1.807) is 18.2 Å². The SMILES string of the molecule is CN(C)[C@@H]1COC[C@H]1NC(=O)c1cc(NC(=O)c2cc(-c3ncccc3F)ccc2Cl)n(-c2ccccc2)n1. The Kier molecular flexibility index (Phi) is 7.69. The highest BCUT2D eigenvalue weighted by Gasteiger charge is 2.32. The maximum atomic E-state index is 14.3. The molecule has 2 aromatic carbocycles. The Labute approximate surface area is 229 Å². The Morgan fingerprint density at radius 3 is 2.59 bits per heavy atom. The van der Waals surface area contributed by atoms with Crippen molar-refractivity contribution in [3.63, 3.8) is 0 Å². The summed E-state index contributed by atoms with van der Waals surface area (Å²) in [6.07, 6.45) is 1.47. The van der Waals surface area contributed by atoms with Gasteiger partial charge in [0.25, 0.3) is 11.8 Å². The van der Waals surface area contributed by atoms with E-state index in [0.717, 1.165) is 0 Å². The monoisotopic (exact) mass is 548 g/mol. The number of carbonyl (C=O) groups excluding carboxylic acids is 2. The van der Waals surface area contributed by atoms with Gasteiger partial charge in [0.2, 0.25) is 0 Å². The zero-order valence-corrected chi connectivity index (χ0v) is 22.0.